The van der Waals surface area contributed by atoms with Crippen molar-refractivity contribution in [1.29, 1.82) is 0 Å². The minimum Gasteiger partial charge on any atom is -0.479 e. The number of nitrogens with one attached hydrogen (secondary N) is 1. The van der Waals surface area contributed by atoms with E-state index in [-0.39, 0.29) is 5.41 Å². The van der Waals surface area contributed by atoms with Crippen molar-refractivity contribution >= 4 is 11.9 Å². The zero-order valence-electron chi connectivity index (χ0n) is 15.0. The van der Waals surface area contributed by atoms with E-state index in [1.54, 1.807) is 54.7 Å². The van der Waals surface area contributed by atoms with E-state index >= 15 is 0 Å². The summed E-state index contributed by atoms with van der Waals surface area (Å²) in [7, 11) is 0. The highest BCUT2D eigenvalue weighted by atomic mass is 16.5. The van der Waals surface area contributed by atoms with Gasteiger partial charge in [-0.3, -0.25) is 4.79 Å². The fraction of sp³-hybridized carbons (Fsp3) is 0.250. The number of rotatable bonds is 6. The Morgan fingerprint density at radius 2 is 1.85 bits per heavy atom. The Hall–Kier alpha value is -3.15. The molecule has 0 spiro atoms. The smallest absolute Gasteiger partial charge is 0.330 e. The maximum atomic E-state index is 12.3. The van der Waals surface area contributed by atoms with Gasteiger partial charge in [-0.05, 0) is 35.7 Å². The molecule has 0 fully saturated rings. The highest BCUT2D eigenvalue weighted by molar-refractivity contribution is 5.97. The van der Waals surface area contributed by atoms with Crippen LogP contribution < -0.4 is 10.1 Å². The molecular formula is C20H22N2O4. The maximum absolute atomic E-state index is 12.3. The molecule has 0 unspecified atom stereocenters. The fourth-order valence-electron chi connectivity index (χ4n) is 2.00. The molecule has 6 heteroatoms. The number of hydrogen-bond acceptors (Lipinski definition) is 4. The number of pyridine rings is 1. The number of aliphatic carboxylic acids is 1. The van der Waals surface area contributed by atoms with Gasteiger partial charge in [-0.1, -0.05) is 39.0 Å². The summed E-state index contributed by atoms with van der Waals surface area (Å²) in [4.78, 5) is 27.7. The standard InChI is InChI=1S/C20H22N2O4/c1-20(2,3)12-11-16(19(24)25)22-18(23)14-7-9-15(10-8-14)26-17-6-4-5-13-21-17/h4-13,16H,1-3H3,(H,22,23)(H,24,25)/b12-11+/t16-/m1/s1. The quantitative estimate of drug-likeness (QED) is 0.773. The zero-order valence-corrected chi connectivity index (χ0v) is 15.0. The van der Waals surface area contributed by atoms with Gasteiger partial charge in [-0.15, -0.1) is 0 Å². The molecule has 0 aliphatic heterocycles. The number of nitrogens with zero attached hydrogens (tertiary/aromatic N) is 1. The second-order valence-corrected chi connectivity index (χ2v) is 6.81. The number of ether oxygens (including phenoxy) is 1. The summed E-state index contributed by atoms with van der Waals surface area (Å²) >= 11 is 0. The largest absolute Gasteiger partial charge is 0.479 e. The van der Waals surface area contributed by atoms with Crippen molar-refractivity contribution in [1.82, 2.24) is 10.3 Å². The lowest BCUT2D eigenvalue weighted by Crippen LogP contribution is -2.39. The lowest BCUT2D eigenvalue weighted by molar-refractivity contribution is -0.137. The summed E-state index contributed by atoms with van der Waals surface area (Å²) in [6.45, 7) is 5.85. The van der Waals surface area contributed by atoms with Crippen LogP contribution >= 0.6 is 0 Å². The number of carboxylic acids is 1. The molecule has 0 radical (unpaired) electrons. The minimum atomic E-state index is -1.12. The number of aromatic nitrogens is 1. The molecule has 0 aliphatic rings. The van der Waals surface area contributed by atoms with Gasteiger partial charge in [0.25, 0.3) is 5.91 Å². The first-order valence-electron chi connectivity index (χ1n) is 8.16. The molecule has 136 valence electrons. The van der Waals surface area contributed by atoms with Crippen molar-refractivity contribution in [2.45, 2.75) is 26.8 Å². The number of carbonyl (C=O) groups is 2. The molecule has 0 saturated carbocycles. The van der Waals surface area contributed by atoms with E-state index in [2.05, 4.69) is 10.3 Å². The molecule has 2 N–H and O–H groups in total. The molecule has 0 bridgehead atoms. The van der Waals surface area contributed by atoms with E-state index < -0.39 is 17.9 Å². The van der Waals surface area contributed by atoms with Crippen molar-refractivity contribution in [2.24, 2.45) is 5.41 Å². The third-order valence-corrected chi connectivity index (χ3v) is 3.32. The zero-order chi connectivity index (χ0) is 19.2. The summed E-state index contributed by atoms with van der Waals surface area (Å²) in [5.41, 5.74) is 0.164. The second kappa shape index (κ2) is 8.29. The van der Waals surface area contributed by atoms with Gasteiger partial charge >= 0.3 is 5.97 Å². The predicted molar refractivity (Wildman–Crippen MR) is 98.2 cm³/mol. The summed E-state index contributed by atoms with van der Waals surface area (Å²) in [6, 6.07) is 10.6. The van der Waals surface area contributed by atoms with Gasteiger partial charge in [-0.25, -0.2) is 9.78 Å². The minimum absolute atomic E-state index is 0.178. The van der Waals surface area contributed by atoms with Crippen molar-refractivity contribution in [3.8, 4) is 11.6 Å². The van der Waals surface area contributed by atoms with Crippen LogP contribution in [0.25, 0.3) is 0 Å². The van der Waals surface area contributed by atoms with Gasteiger partial charge in [-0.2, -0.15) is 0 Å². The van der Waals surface area contributed by atoms with E-state index in [0.717, 1.165) is 0 Å². The molecule has 26 heavy (non-hydrogen) atoms. The van der Waals surface area contributed by atoms with Crippen molar-refractivity contribution in [3.63, 3.8) is 0 Å². The number of carbonyl (C=O) groups excluding carboxylic acids is 1. The van der Waals surface area contributed by atoms with Crippen LogP contribution in [0.4, 0.5) is 0 Å². The van der Waals surface area contributed by atoms with Crippen LogP contribution in [-0.2, 0) is 4.79 Å². The molecule has 0 saturated heterocycles. The molecule has 2 rings (SSSR count). The SMILES string of the molecule is CC(C)(C)/C=C/[C@@H](NC(=O)c1ccc(Oc2ccccn2)cc1)C(=O)O. The highest BCUT2D eigenvalue weighted by Gasteiger charge is 2.19. The van der Waals surface area contributed by atoms with Crippen molar-refractivity contribution < 1.29 is 19.4 Å². The molecule has 1 aromatic carbocycles. The summed E-state index contributed by atoms with van der Waals surface area (Å²) in [5, 5.41) is 11.8. The van der Waals surface area contributed by atoms with Crippen LogP contribution in [0.15, 0.2) is 60.8 Å². The molecule has 2 aromatic rings. The molecule has 1 aromatic heterocycles. The Morgan fingerprint density at radius 3 is 2.38 bits per heavy atom. The van der Waals surface area contributed by atoms with Crippen LogP contribution in [-0.4, -0.2) is 28.0 Å². The van der Waals surface area contributed by atoms with Crippen molar-refractivity contribution in [2.75, 3.05) is 0 Å². The molecule has 1 amide bonds. The average Bonchev–Trinajstić information content (AvgIpc) is 2.59. The monoisotopic (exact) mass is 354 g/mol. The third kappa shape index (κ3) is 6.05. The van der Waals surface area contributed by atoms with Crippen LogP contribution in [0.1, 0.15) is 31.1 Å². The molecular weight excluding hydrogens is 332 g/mol. The highest BCUT2D eigenvalue weighted by Crippen LogP contribution is 2.19. The summed E-state index contributed by atoms with van der Waals surface area (Å²) in [6.07, 6.45) is 4.86. The lowest BCUT2D eigenvalue weighted by Gasteiger charge is -2.15. The van der Waals surface area contributed by atoms with Crippen LogP contribution in [0.2, 0.25) is 0 Å². The first kappa shape index (κ1) is 19.2. The second-order valence-electron chi connectivity index (χ2n) is 6.81. The topological polar surface area (TPSA) is 88.5 Å². The first-order valence-corrected chi connectivity index (χ1v) is 8.16. The first-order chi connectivity index (χ1) is 12.2. The van der Waals surface area contributed by atoms with Gasteiger partial charge in [0.2, 0.25) is 5.88 Å². The van der Waals surface area contributed by atoms with E-state index in [1.165, 1.54) is 6.08 Å². The Bertz CT molecular complexity index is 778. The molecule has 6 nitrogen and oxygen atoms in total. The van der Waals surface area contributed by atoms with E-state index in [0.29, 0.717) is 17.2 Å². The summed E-state index contributed by atoms with van der Waals surface area (Å²) < 4.78 is 5.56. The fourth-order valence-corrected chi connectivity index (χ4v) is 2.00. The van der Waals surface area contributed by atoms with E-state index in [1.807, 2.05) is 20.8 Å². The normalized spacial score (nSPS) is 12.6. The number of hydrogen-bond donors (Lipinski definition) is 2. The Balaban J connectivity index is 2.04. The van der Waals surface area contributed by atoms with Gasteiger partial charge < -0.3 is 15.2 Å². The predicted octanol–water partition coefficient (Wildman–Crippen LogP) is 3.66. The summed E-state index contributed by atoms with van der Waals surface area (Å²) in [5.74, 6) is -0.611. The average molecular weight is 354 g/mol. The van der Waals surface area contributed by atoms with Gasteiger partial charge in [0, 0.05) is 17.8 Å². The third-order valence-electron chi connectivity index (χ3n) is 3.32. The van der Waals surface area contributed by atoms with E-state index in [4.69, 9.17) is 4.74 Å². The van der Waals surface area contributed by atoms with Gasteiger partial charge in [0.15, 0.2) is 0 Å². The molecule has 0 aliphatic carbocycles. The van der Waals surface area contributed by atoms with Crippen LogP contribution in [0.5, 0.6) is 11.6 Å². The van der Waals surface area contributed by atoms with Gasteiger partial charge in [0.1, 0.15) is 11.8 Å². The number of carboxylic acid groups (broad SMARTS) is 1. The Morgan fingerprint density at radius 1 is 1.15 bits per heavy atom. The Labute approximate surface area is 152 Å². The van der Waals surface area contributed by atoms with E-state index in [9.17, 15) is 14.7 Å². The molecule has 1 heterocycles. The number of amides is 1. The maximum Gasteiger partial charge on any atom is 0.330 e. The lowest BCUT2D eigenvalue weighted by atomic mass is 9.95. The van der Waals surface area contributed by atoms with Crippen molar-refractivity contribution in [3.05, 3.63) is 66.4 Å². The van der Waals surface area contributed by atoms with Gasteiger partial charge in [0.05, 0.1) is 0 Å². The molecule has 1 atom stereocenters. The Kier molecular flexibility index (Phi) is 6.11. The van der Waals surface area contributed by atoms with Crippen LogP contribution in [0.3, 0.4) is 0 Å². The van der Waals surface area contributed by atoms with Crippen LogP contribution in [0, 0.1) is 5.41 Å². The number of allylic oxidation sites excluding steroid dienone is 1. The number of benzene rings is 1.